The minimum Gasteiger partial charge on any atom is -0.354 e. The first-order chi connectivity index (χ1) is 10.2. The van der Waals surface area contributed by atoms with Crippen LogP contribution in [0.5, 0.6) is 0 Å². The van der Waals surface area contributed by atoms with Crippen molar-refractivity contribution < 1.29 is 4.79 Å². The Morgan fingerprint density at radius 2 is 1.52 bits per heavy atom. The highest BCUT2D eigenvalue weighted by Gasteiger charge is 2.08. The molecule has 0 atom stereocenters. The molecule has 0 aliphatic heterocycles. The number of unbranched alkanes of at least 4 members (excludes halogenated alkanes) is 2. The van der Waals surface area contributed by atoms with E-state index in [2.05, 4.69) is 29.0 Å². The van der Waals surface area contributed by atoms with E-state index in [1.807, 2.05) is 0 Å². The van der Waals surface area contributed by atoms with Gasteiger partial charge in [-0.05, 0) is 37.8 Å². The molecule has 0 saturated carbocycles. The van der Waals surface area contributed by atoms with Crippen molar-refractivity contribution in [3.63, 3.8) is 0 Å². The van der Waals surface area contributed by atoms with Gasteiger partial charge in [0.2, 0.25) is 5.91 Å². The predicted octanol–water partition coefficient (Wildman–Crippen LogP) is 4.34. The Kier molecular flexibility index (Phi) is 14.1. The molecule has 0 aliphatic rings. The summed E-state index contributed by atoms with van der Waals surface area (Å²) in [5.74, 6) is 11.7. The molecule has 0 bridgehead atoms. The molecule has 4 heteroatoms. The van der Waals surface area contributed by atoms with Crippen molar-refractivity contribution >= 4 is 29.1 Å². The molecule has 0 fully saturated rings. The van der Waals surface area contributed by atoms with Gasteiger partial charge >= 0.3 is 0 Å². The van der Waals surface area contributed by atoms with E-state index in [-0.39, 0.29) is 11.9 Å². The maximum atomic E-state index is 11.2. The van der Waals surface area contributed by atoms with E-state index in [1.165, 1.54) is 11.1 Å². The topological polar surface area (TPSA) is 29.1 Å². The van der Waals surface area contributed by atoms with Crippen LogP contribution in [0.3, 0.4) is 0 Å². The van der Waals surface area contributed by atoms with E-state index in [9.17, 15) is 4.79 Å². The fourth-order valence-electron chi connectivity index (χ4n) is 1.78. The lowest BCUT2D eigenvalue weighted by atomic mass is 10.0. The highest BCUT2D eigenvalue weighted by Crippen LogP contribution is 2.08. The Morgan fingerprint density at radius 3 is 1.90 bits per heavy atom. The SMILES string of the molecule is CC(=O)NC(CCCC#CC=CCl)CCCC#CC=CCl. The molecule has 0 aliphatic carbocycles. The molecule has 0 aromatic heterocycles. The highest BCUT2D eigenvalue weighted by atomic mass is 35.5. The number of allylic oxidation sites excluding steroid dienone is 2. The Bertz CT molecular complexity index is 425. The molecule has 0 saturated heterocycles. The van der Waals surface area contributed by atoms with E-state index in [0.717, 1.165) is 38.5 Å². The lowest BCUT2D eigenvalue weighted by molar-refractivity contribution is -0.119. The summed E-state index contributed by atoms with van der Waals surface area (Å²) in [7, 11) is 0. The Balaban J connectivity index is 4.01. The smallest absolute Gasteiger partial charge is 0.217 e. The molecule has 1 N–H and O–H groups in total. The molecule has 0 unspecified atom stereocenters. The number of rotatable bonds is 7. The fraction of sp³-hybridized carbons (Fsp3) is 0.471. The molecule has 0 radical (unpaired) electrons. The van der Waals surface area contributed by atoms with Crippen LogP contribution in [0.2, 0.25) is 0 Å². The summed E-state index contributed by atoms with van der Waals surface area (Å²) in [5, 5.41) is 2.98. The number of carbonyl (C=O) groups is 1. The van der Waals surface area contributed by atoms with Gasteiger partial charge in [-0.1, -0.05) is 46.9 Å². The van der Waals surface area contributed by atoms with Crippen LogP contribution in [-0.2, 0) is 4.79 Å². The normalized spacial score (nSPS) is 11.6. The van der Waals surface area contributed by atoms with E-state index >= 15 is 0 Å². The molecule has 21 heavy (non-hydrogen) atoms. The van der Waals surface area contributed by atoms with Gasteiger partial charge in [0.25, 0.3) is 0 Å². The van der Waals surface area contributed by atoms with E-state index < -0.39 is 0 Å². The van der Waals surface area contributed by atoms with Gasteiger partial charge in [0.1, 0.15) is 0 Å². The van der Waals surface area contributed by atoms with Crippen molar-refractivity contribution in [2.45, 2.75) is 51.5 Å². The maximum Gasteiger partial charge on any atom is 0.217 e. The summed E-state index contributed by atoms with van der Waals surface area (Å²) in [6, 6.07) is 0.193. The van der Waals surface area contributed by atoms with Gasteiger partial charge in [-0.2, -0.15) is 0 Å². The zero-order chi connectivity index (χ0) is 15.8. The van der Waals surface area contributed by atoms with Crippen molar-refractivity contribution in [2.24, 2.45) is 0 Å². The van der Waals surface area contributed by atoms with Crippen molar-refractivity contribution in [3.8, 4) is 23.7 Å². The summed E-state index contributed by atoms with van der Waals surface area (Å²) in [5.41, 5.74) is 2.79. The molecule has 0 spiro atoms. The lowest BCUT2D eigenvalue weighted by Gasteiger charge is -2.16. The second-order valence-electron chi connectivity index (χ2n) is 4.41. The summed E-state index contributed by atoms with van der Waals surface area (Å²) >= 11 is 10.7. The minimum atomic E-state index is 0.00677. The standard InChI is InChI=1S/C17H21Cl2NO/c1-16(21)20-17(12-8-4-2-6-10-14-18)13-9-5-3-7-11-15-19/h10-11,14-15,17H,4-5,8-9,12-13H2,1H3,(H,20,21). The predicted molar refractivity (Wildman–Crippen MR) is 90.8 cm³/mol. The number of carbonyl (C=O) groups excluding carboxylic acids is 1. The minimum absolute atomic E-state index is 0.00677. The van der Waals surface area contributed by atoms with Crippen molar-refractivity contribution in [3.05, 3.63) is 23.2 Å². The number of hydrogen-bond acceptors (Lipinski definition) is 1. The Morgan fingerprint density at radius 1 is 1.05 bits per heavy atom. The highest BCUT2D eigenvalue weighted by molar-refractivity contribution is 6.25. The first-order valence-corrected chi connectivity index (χ1v) is 7.82. The van der Waals surface area contributed by atoms with Gasteiger partial charge in [0.05, 0.1) is 0 Å². The van der Waals surface area contributed by atoms with Crippen LogP contribution in [-0.4, -0.2) is 11.9 Å². The number of halogens is 2. The second-order valence-corrected chi connectivity index (χ2v) is 4.91. The Hall–Kier alpha value is -1.35. The van der Waals surface area contributed by atoms with Crippen LogP contribution >= 0.6 is 23.2 Å². The first kappa shape index (κ1) is 19.7. The average Bonchev–Trinajstić information content (AvgIpc) is 2.45. The lowest BCUT2D eigenvalue weighted by Crippen LogP contribution is -2.32. The van der Waals surface area contributed by atoms with Crippen LogP contribution in [0, 0.1) is 23.7 Å². The summed E-state index contributed by atoms with van der Waals surface area (Å²) in [6.45, 7) is 1.54. The fourth-order valence-corrected chi connectivity index (χ4v) is 1.90. The van der Waals surface area contributed by atoms with Crippen LogP contribution in [0.25, 0.3) is 0 Å². The number of amides is 1. The van der Waals surface area contributed by atoms with Gasteiger partial charge in [-0.25, -0.2) is 0 Å². The molecule has 0 aromatic rings. The number of nitrogens with one attached hydrogen (secondary N) is 1. The average molecular weight is 326 g/mol. The third kappa shape index (κ3) is 14.9. The van der Waals surface area contributed by atoms with E-state index in [1.54, 1.807) is 19.1 Å². The maximum absolute atomic E-state index is 11.2. The largest absolute Gasteiger partial charge is 0.354 e. The van der Waals surface area contributed by atoms with E-state index in [4.69, 9.17) is 23.2 Å². The van der Waals surface area contributed by atoms with Crippen LogP contribution in [0.1, 0.15) is 45.4 Å². The molecular formula is C17H21Cl2NO. The van der Waals surface area contributed by atoms with Crippen LogP contribution in [0.15, 0.2) is 23.2 Å². The number of hydrogen-bond donors (Lipinski definition) is 1. The van der Waals surface area contributed by atoms with Gasteiger partial charge in [0, 0.05) is 36.9 Å². The zero-order valence-corrected chi connectivity index (χ0v) is 13.8. The van der Waals surface area contributed by atoms with Crippen LogP contribution in [0.4, 0.5) is 0 Å². The van der Waals surface area contributed by atoms with Crippen molar-refractivity contribution in [1.29, 1.82) is 0 Å². The Labute approximate surface area is 138 Å². The van der Waals surface area contributed by atoms with Gasteiger partial charge in [-0.3, -0.25) is 4.79 Å². The van der Waals surface area contributed by atoms with Gasteiger partial charge < -0.3 is 5.32 Å². The molecule has 2 nitrogen and oxygen atoms in total. The van der Waals surface area contributed by atoms with Crippen LogP contribution < -0.4 is 5.32 Å². The molecule has 0 aromatic carbocycles. The molecule has 1 amide bonds. The summed E-state index contributed by atoms with van der Waals surface area (Å²) in [6.07, 6.45) is 8.59. The summed E-state index contributed by atoms with van der Waals surface area (Å²) in [4.78, 5) is 11.2. The monoisotopic (exact) mass is 325 g/mol. The molecule has 0 heterocycles. The molecule has 114 valence electrons. The van der Waals surface area contributed by atoms with Crippen molar-refractivity contribution in [2.75, 3.05) is 0 Å². The second kappa shape index (κ2) is 15.0. The van der Waals surface area contributed by atoms with E-state index in [0.29, 0.717) is 0 Å². The molecular weight excluding hydrogens is 305 g/mol. The first-order valence-electron chi connectivity index (χ1n) is 6.95. The van der Waals surface area contributed by atoms with Crippen molar-refractivity contribution in [1.82, 2.24) is 5.32 Å². The third-order valence-corrected chi connectivity index (χ3v) is 2.86. The zero-order valence-electron chi connectivity index (χ0n) is 12.3. The summed E-state index contributed by atoms with van der Waals surface area (Å²) < 4.78 is 0. The quantitative estimate of drug-likeness (QED) is 0.547. The molecule has 0 rings (SSSR count). The van der Waals surface area contributed by atoms with Gasteiger partial charge in [0.15, 0.2) is 0 Å². The van der Waals surface area contributed by atoms with Gasteiger partial charge in [-0.15, -0.1) is 0 Å². The third-order valence-electron chi connectivity index (χ3n) is 2.61.